The van der Waals surface area contributed by atoms with Gasteiger partial charge in [0.1, 0.15) is 5.69 Å². The van der Waals surface area contributed by atoms with Crippen molar-refractivity contribution < 1.29 is 14.5 Å². The number of rotatable bonds is 3. The first-order valence-electron chi connectivity index (χ1n) is 4.64. The molecule has 0 fully saturated rings. The van der Waals surface area contributed by atoms with Crippen LogP contribution in [0.3, 0.4) is 0 Å². The van der Waals surface area contributed by atoms with Gasteiger partial charge in [0.2, 0.25) is 0 Å². The summed E-state index contributed by atoms with van der Waals surface area (Å²) >= 11 is 3.05. The standard InChI is InChI=1S/C9H11BrN4O4/c1-18-9(15)4-3(2-10)8(14(16)17)7(13)6(12)5(4)11/h2,11-13H2,1H3. The van der Waals surface area contributed by atoms with Crippen molar-refractivity contribution in [1.29, 1.82) is 0 Å². The summed E-state index contributed by atoms with van der Waals surface area (Å²) in [6.45, 7) is 0. The first-order chi connectivity index (χ1) is 8.36. The predicted molar refractivity (Wildman–Crippen MR) is 70.3 cm³/mol. The van der Waals surface area contributed by atoms with Gasteiger partial charge < -0.3 is 21.9 Å². The summed E-state index contributed by atoms with van der Waals surface area (Å²) in [5, 5.41) is 11.0. The maximum absolute atomic E-state index is 11.6. The third-order valence-corrected chi connectivity index (χ3v) is 2.96. The lowest BCUT2D eigenvalue weighted by molar-refractivity contribution is -0.384. The molecule has 0 unspecified atom stereocenters. The van der Waals surface area contributed by atoms with Crippen molar-refractivity contribution in [2.75, 3.05) is 24.3 Å². The monoisotopic (exact) mass is 318 g/mol. The average Bonchev–Trinajstić information content (AvgIpc) is 2.33. The molecule has 9 heteroatoms. The van der Waals surface area contributed by atoms with E-state index in [1.807, 2.05) is 0 Å². The molecule has 0 heterocycles. The lowest BCUT2D eigenvalue weighted by Gasteiger charge is -2.14. The molecule has 1 aromatic carbocycles. The van der Waals surface area contributed by atoms with Gasteiger partial charge in [-0.3, -0.25) is 10.1 Å². The Bertz CT molecular complexity index is 532. The summed E-state index contributed by atoms with van der Waals surface area (Å²) < 4.78 is 4.53. The molecule has 6 N–H and O–H groups in total. The molecule has 8 nitrogen and oxygen atoms in total. The van der Waals surface area contributed by atoms with E-state index in [1.165, 1.54) is 0 Å². The number of alkyl halides is 1. The van der Waals surface area contributed by atoms with E-state index in [0.717, 1.165) is 7.11 Å². The van der Waals surface area contributed by atoms with Gasteiger partial charge in [0, 0.05) is 5.33 Å². The van der Waals surface area contributed by atoms with E-state index in [-0.39, 0.29) is 33.5 Å². The van der Waals surface area contributed by atoms with Crippen LogP contribution >= 0.6 is 15.9 Å². The number of anilines is 3. The van der Waals surface area contributed by atoms with E-state index in [1.54, 1.807) is 0 Å². The molecular formula is C9H11BrN4O4. The number of nitro groups is 1. The minimum atomic E-state index is -0.809. The van der Waals surface area contributed by atoms with E-state index < -0.39 is 16.6 Å². The highest BCUT2D eigenvalue weighted by Gasteiger charge is 2.30. The van der Waals surface area contributed by atoms with Crippen molar-refractivity contribution in [3.8, 4) is 0 Å². The molecule has 0 aliphatic heterocycles. The smallest absolute Gasteiger partial charge is 0.340 e. The molecule has 0 radical (unpaired) electrons. The van der Waals surface area contributed by atoms with Gasteiger partial charge in [-0.05, 0) is 0 Å². The van der Waals surface area contributed by atoms with Crippen LogP contribution in [0.15, 0.2) is 0 Å². The first kappa shape index (κ1) is 14.0. The second kappa shape index (κ2) is 5.08. The lowest BCUT2D eigenvalue weighted by Crippen LogP contribution is -2.15. The number of carbonyl (C=O) groups excluding carboxylic acids is 1. The molecule has 98 valence electrons. The number of nitrogen functional groups attached to an aromatic ring is 3. The molecule has 0 atom stereocenters. The fourth-order valence-corrected chi connectivity index (χ4v) is 2.07. The van der Waals surface area contributed by atoms with Gasteiger partial charge in [0.15, 0.2) is 0 Å². The van der Waals surface area contributed by atoms with Gasteiger partial charge in [-0.25, -0.2) is 4.79 Å². The second-order valence-corrected chi connectivity index (χ2v) is 3.89. The largest absolute Gasteiger partial charge is 0.465 e. The fraction of sp³-hybridized carbons (Fsp3) is 0.222. The van der Waals surface area contributed by atoms with Crippen LogP contribution < -0.4 is 17.2 Å². The van der Waals surface area contributed by atoms with Gasteiger partial charge in [-0.2, -0.15) is 0 Å². The number of nitro benzene ring substituents is 1. The summed E-state index contributed by atoms with van der Waals surface area (Å²) in [5.74, 6) is -0.809. The Hall–Kier alpha value is -2.03. The summed E-state index contributed by atoms with van der Waals surface area (Å²) in [6.07, 6.45) is 0. The molecule has 0 saturated heterocycles. The molecule has 0 spiro atoms. The Morgan fingerprint density at radius 3 is 2.28 bits per heavy atom. The Balaban J connectivity index is 3.80. The minimum absolute atomic E-state index is 0.0163. The van der Waals surface area contributed by atoms with Gasteiger partial charge in [0.05, 0.1) is 34.5 Å². The molecule has 0 amide bonds. The van der Waals surface area contributed by atoms with Crippen LogP contribution in [-0.2, 0) is 10.1 Å². The quantitative estimate of drug-likeness (QED) is 0.248. The molecule has 18 heavy (non-hydrogen) atoms. The molecule has 0 aromatic heterocycles. The Morgan fingerprint density at radius 1 is 1.33 bits per heavy atom. The number of benzene rings is 1. The Morgan fingerprint density at radius 2 is 1.89 bits per heavy atom. The van der Waals surface area contributed by atoms with Crippen molar-refractivity contribution in [2.24, 2.45) is 0 Å². The molecule has 0 aliphatic carbocycles. The zero-order valence-corrected chi connectivity index (χ0v) is 11.0. The van der Waals surface area contributed by atoms with Crippen molar-refractivity contribution >= 4 is 44.6 Å². The molecule has 0 bridgehead atoms. The number of halogens is 1. The van der Waals surface area contributed by atoms with Crippen LogP contribution in [0.5, 0.6) is 0 Å². The maximum atomic E-state index is 11.6. The summed E-state index contributed by atoms with van der Waals surface area (Å²) in [7, 11) is 1.14. The summed E-state index contributed by atoms with van der Waals surface area (Å²) in [5.41, 5.74) is 15.6. The maximum Gasteiger partial charge on any atom is 0.340 e. The first-order valence-corrected chi connectivity index (χ1v) is 5.76. The van der Waals surface area contributed by atoms with Crippen LogP contribution in [0.25, 0.3) is 0 Å². The molecule has 1 rings (SSSR count). The normalized spacial score (nSPS) is 10.1. The van der Waals surface area contributed by atoms with E-state index in [9.17, 15) is 14.9 Å². The van der Waals surface area contributed by atoms with Crippen molar-refractivity contribution in [3.63, 3.8) is 0 Å². The fourth-order valence-electron chi connectivity index (χ4n) is 1.52. The van der Waals surface area contributed by atoms with Crippen LogP contribution in [0.1, 0.15) is 15.9 Å². The van der Waals surface area contributed by atoms with Gasteiger partial charge in [-0.15, -0.1) is 0 Å². The zero-order valence-electron chi connectivity index (χ0n) is 9.40. The van der Waals surface area contributed by atoms with Crippen molar-refractivity contribution in [3.05, 3.63) is 21.2 Å². The zero-order chi connectivity index (χ0) is 14.0. The molecule has 0 saturated carbocycles. The highest BCUT2D eigenvalue weighted by atomic mass is 79.9. The Labute approximate surface area is 110 Å². The average molecular weight is 319 g/mol. The predicted octanol–water partition coefficient (Wildman–Crippen LogP) is 1.02. The minimum Gasteiger partial charge on any atom is -0.465 e. The molecule has 1 aromatic rings. The third-order valence-electron chi connectivity index (χ3n) is 2.40. The SMILES string of the molecule is COC(=O)c1c(N)c(N)c(N)c([N+](=O)[O-])c1CBr. The second-order valence-electron chi connectivity index (χ2n) is 3.33. The number of esters is 1. The third kappa shape index (κ3) is 2.04. The van der Waals surface area contributed by atoms with Crippen LogP contribution in [0.2, 0.25) is 0 Å². The van der Waals surface area contributed by atoms with E-state index >= 15 is 0 Å². The number of nitrogens with zero attached hydrogens (tertiary/aromatic N) is 1. The summed E-state index contributed by atoms with van der Waals surface area (Å²) in [4.78, 5) is 21.9. The molecular weight excluding hydrogens is 308 g/mol. The van der Waals surface area contributed by atoms with Gasteiger partial charge in [0.25, 0.3) is 5.69 Å². The molecule has 0 aliphatic rings. The van der Waals surface area contributed by atoms with Crippen LogP contribution in [0.4, 0.5) is 22.7 Å². The van der Waals surface area contributed by atoms with Crippen LogP contribution in [-0.4, -0.2) is 18.0 Å². The number of carbonyl (C=O) groups is 1. The van der Waals surface area contributed by atoms with Crippen molar-refractivity contribution in [1.82, 2.24) is 0 Å². The highest BCUT2D eigenvalue weighted by Crippen LogP contribution is 2.40. The number of methoxy groups -OCH3 is 1. The summed E-state index contributed by atoms with van der Waals surface area (Å²) in [6, 6.07) is 0. The number of nitrogens with two attached hydrogens (primary N) is 3. The van der Waals surface area contributed by atoms with E-state index in [0.29, 0.717) is 0 Å². The lowest BCUT2D eigenvalue weighted by atomic mass is 10.0. The Kier molecular flexibility index (Phi) is 3.96. The van der Waals surface area contributed by atoms with Crippen LogP contribution in [0, 0.1) is 10.1 Å². The highest BCUT2D eigenvalue weighted by molar-refractivity contribution is 9.08. The van der Waals surface area contributed by atoms with Gasteiger partial charge in [-0.1, -0.05) is 15.9 Å². The van der Waals surface area contributed by atoms with Gasteiger partial charge >= 0.3 is 5.97 Å². The number of ether oxygens (including phenoxy) is 1. The van der Waals surface area contributed by atoms with Crippen molar-refractivity contribution in [2.45, 2.75) is 5.33 Å². The van der Waals surface area contributed by atoms with E-state index in [4.69, 9.17) is 17.2 Å². The number of hydrogen-bond donors (Lipinski definition) is 3. The number of hydrogen-bond acceptors (Lipinski definition) is 7. The topological polar surface area (TPSA) is 148 Å². The van der Waals surface area contributed by atoms with E-state index in [2.05, 4.69) is 20.7 Å².